The molecule has 1 aliphatic rings. The van der Waals surface area contributed by atoms with Crippen molar-refractivity contribution in [1.82, 2.24) is 15.0 Å². The number of nitrogens with one attached hydrogen (secondary N) is 1. The molecule has 1 saturated carbocycles. The summed E-state index contributed by atoms with van der Waals surface area (Å²) in [6.07, 6.45) is 0.970. The molecule has 1 fully saturated rings. The van der Waals surface area contributed by atoms with Gasteiger partial charge in [0.25, 0.3) is 5.92 Å². The second-order valence-corrected chi connectivity index (χ2v) is 8.26. The Labute approximate surface area is 182 Å². The Balaban J connectivity index is 1.69. The monoisotopic (exact) mass is 443 g/mol. The van der Waals surface area contributed by atoms with E-state index in [4.69, 9.17) is 11.6 Å². The van der Waals surface area contributed by atoms with Crippen molar-refractivity contribution in [2.24, 2.45) is 0 Å². The first kappa shape index (κ1) is 21.3. The van der Waals surface area contributed by atoms with Crippen molar-refractivity contribution in [2.45, 2.75) is 50.2 Å². The number of fused-ring (bicyclic) bond motifs is 1. The first-order chi connectivity index (χ1) is 14.7. The van der Waals surface area contributed by atoms with E-state index >= 15 is 0 Å². The first-order valence-corrected chi connectivity index (χ1v) is 10.2. The van der Waals surface area contributed by atoms with E-state index in [0.717, 1.165) is 6.92 Å². The van der Waals surface area contributed by atoms with Gasteiger partial charge in [-0.2, -0.15) is 14.0 Å². The second-order valence-electron chi connectivity index (χ2n) is 7.90. The fraction of sp³-hybridized carbons (Fsp3) is 0.364. The van der Waals surface area contributed by atoms with Crippen LogP contribution in [0.3, 0.4) is 0 Å². The Morgan fingerprint density at radius 2 is 2.00 bits per heavy atom. The third-order valence-electron chi connectivity index (χ3n) is 5.71. The molecule has 0 bridgehead atoms. The van der Waals surface area contributed by atoms with E-state index < -0.39 is 17.4 Å². The lowest BCUT2D eigenvalue weighted by molar-refractivity contribution is -0.106. The molecule has 9 heteroatoms. The summed E-state index contributed by atoms with van der Waals surface area (Å²) in [5.74, 6) is -2.90. The van der Waals surface area contributed by atoms with E-state index in [1.807, 2.05) is 6.92 Å². The Morgan fingerprint density at radius 1 is 1.26 bits per heavy atom. The largest absolute Gasteiger partial charge is 0.387 e. The van der Waals surface area contributed by atoms with Gasteiger partial charge in [-0.1, -0.05) is 29.8 Å². The van der Waals surface area contributed by atoms with Gasteiger partial charge in [0.05, 0.1) is 16.9 Å². The van der Waals surface area contributed by atoms with E-state index in [1.165, 1.54) is 24.5 Å². The summed E-state index contributed by atoms with van der Waals surface area (Å²) in [6, 6.07) is 9.62. The van der Waals surface area contributed by atoms with Gasteiger partial charge in [0.2, 0.25) is 0 Å². The number of aliphatic hydroxyl groups excluding tert-OH is 1. The number of anilines is 1. The number of nitriles is 1. The number of nitrogens with zero attached hydrogens (tertiary/aromatic N) is 4. The summed E-state index contributed by atoms with van der Waals surface area (Å²) in [5.41, 5.74) is 0.733. The average Bonchev–Trinajstić information content (AvgIpc) is 3.54. The van der Waals surface area contributed by atoms with Crippen molar-refractivity contribution in [1.29, 1.82) is 5.26 Å². The maximum absolute atomic E-state index is 14.3. The van der Waals surface area contributed by atoms with E-state index in [0.29, 0.717) is 40.8 Å². The van der Waals surface area contributed by atoms with E-state index in [1.54, 1.807) is 12.1 Å². The predicted octanol–water partition coefficient (Wildman–Crippen LogP) is 4.88. The van der Waals surface area contributed by atoms with Crippen molar-refractivity contribution in [3.8, 4) is 6.07 Å². The molecule has 0 saturated heterocycles. The quantitative estimate of drug-likeness (QED) is 0.527. The standard InChI is InChI=1S/C22H20ClF2N5O/c1-12(14-4-3-5-15(8-14)22(24,25)13(2)31)29-19-16-9-17(21(10-26)6-7-21)18(23)30-20(16)28-11-27-19/h3-5,8-9,11-13,31H,6-7H2,1-2H3,(H,27,28,29,30)/t12-,13+/m1/s1. The Morgan fingerprint density at radius 3 is 2.65 bits per heavy atom. The number of halogens is 3. The number of alkyl halides is 2. The molecule has 1 aliphatic carbocycles. The molecule has 0 aliphatic heterocycles. The lowest BCUT2D eigenvalue weighted by atomic mass is 9.98. The van der Waals surface area contributed by atoms with Crippen LogP contribution >= 0.6 is 11.6 Å². The normalized spacial score (nSPS) is 17.1. The highest BCUT2D eigenvalue weighted by Gasteiger charge is 2.47. The highest BCUT2D eigenvalue weighted by molar-refractivity contribution is 6.30. The molecule has 0 radical (unpaired) electrons. The molecule has 2 N–H and O–H groups in total. The number of hydrogen-bond acceptors (Lipinski definition) is 6. The molecule has 0 amide bonds. The number of rotatable bonds is 6. The minimum atomic E-state index is -3.36. The zero-order valence-corrected chi connectivity index (χ0v) is 17.7. The topological polar surface area (TPSA) is 94.7 Å². The molecule has 31 heavy (non-hydrogen) atoms. The lowest BCUT2D eigenvalue weighted by Gasteiger charge is -2.22. The predicted molar refractivity (Wildman–Crippen MR) is 113 cm³/mol. The van der Waals surface area contributed by atoms with Crippen LogP contribution in [-0.4, -0.2) is 26.2 Å². The van der Waals surface area contributed by atoms with Crippen molar-refractivity contribution in [2.75, 3.05) is 5.32 Å². The van der Waals surface area contributed by atoms with Gasteiger partial charge in [-0.05, 0) is 44.4 Å². The Hall–Kier alpha value is -2.89. The molecule has 6 nitrogen and oxygen atoms in total. The van der Waals surface area contributed by atoms with Crippen LogP contribution in [0.2, 0.25) is 5.15 Å². The van der Waals surface area contributed by atoms with Gasteiger partial charge in [-0.15, -0.1) is 0 Å². The van der Waals surface area contributed by atoms with Crippen LogP contribution in [0, 0.1) is 11.3 Å². The number of aromatic nitrogens is 3. The maximum atomic E-state index is 14.3. The molecule has 0 spiro atoms. The molecule has 2 atom stereocenters. The van der Waals surface area contributed by atoms with Crippen molar-refractivity contribution in [3.05, 3.63) is 58.5 Å². The van der Waals surface area contributed by atoms with Crippen LogP contribution in [0.15, 0.2) is 36.7 Å². The van der Waals surface area contributed by atoms with Gasteiger partial charge in [0.15, 0.2) is 5.65 Å². The molecule has 3 aromatic rings. The second kappa shape index (κ2) is 7.66. The zero-order chi connectivity index (χ0) is 22.4. The lowest BCUT2D eigenvalue weighted by Crippen LogP contribution is -2.28. The van der Waals surface area contributed by atoms with Gasteiger partial charge in [0, 0.05) is 17.2 Å². The molecule has 4 rings (SSSR count). The highest BCUT2D eigenvalue weighted by Crippen LogP contribution is 2.50. The van der Waals surface area contributed by atoms with E-state index in [9.17, 15) is 19.1 Å². The van der Waals surface area contributed by atoms with Crippen molar-refractivity contribution >= 4 is 28.5 Å². The summed E-state index contributed by atoms with van der Waals surface area (Å²) < 4.78 is 28.5. The van der Waals surface area contributed by atoms with Gasteiger partial charge in [-0.3, -0.25) is 0 Å². The van der Waals surface area contributed by atoms with E-state index in [-0.39, 0.29) is 16.8 Å². The Kier molecular flexibility index (Phi) is 5.28. The first-order valence-electron chi connectivity index (χ1n) is 9.84. The minimum absolute atomic E-state index is 0.248. The summed E-state index contributed by atoms with van der Waals surface area (Å²) in [6.45, 7) is 2.88. The van der Waals surface area contributed by atoms with Crippen molar-refractivity contribution in [3.63, 3.8) is 0 Å². The highest BCUT2D eigenvalue weighted by atomic mass is 35.5. The molecular formula is C22H20ClF2N5O. The number of benzene rings is 1. The summed E-state index contributed by atoms with van der Waals surface area (Å²) >= 11 is 6.31. The SMILES string of the molecule is C[C@H](O)C(F)(F)c1cccc([C@@H](C)Nc2ncnc3nc(Cl)c(C4(C#N)CC4)cc23)c1. The zero-order valence-electron chi connectivity index (χ0n) is 16.9. The third-order valence-corrected chi connectivity index (χ3v) is 5.99. The average molecular weight is 444 g/mol. The third kappa shape index (κ3) is 3.80. The summed E-state index contributed by atoms with van der Waals surface area (Å²) in [7, 11) is 0. The summed E-state index contributed by atoms with van der Waals surface area (Å²) in [4.78, 5) is 12.8. The molecule has 160 valence electrons. The van der Waals surface area contributed by atoms with Gasteiger partial charge in [-0.25, -0.2) is 15.0 Å². The molecule has 0 unspecified atom stereocenters. The molecule has 2 heterocycles. The number of aliphatic hydroxyl groups is 1. The fourth-order valence-corrected chi connectivity index (χ4v) is 3.84. The maximum Gasteiger partial charge on any atom is 0.298 e. The Bertz CT molecular complexity index is 1190. The fourth-order valence-electron chi connectivity index (χ4n) is 3.53. The van der Waals surface area contributed by atoms with Gasteiger partial charge in [0.1, 0.15) is 23.4 Å². The van der Waals surface area contributed by atoms with E-state index in [2.05, 4.69) is 26.3 Å². The molecule has 2 aromatic heterocycles. The van der Waals surface area contributed by atoms with Gasteiger partial charge >= 0.3 is 0 Å². The number of pyridine rings is 1. The van der Waals surface area contributed by atoms with Crippen LogP contribution in [0.5, 0.6) is 0 Å². The smallest absolute Gasteiger partial charge is 0.298 e. The molecular weight excluding hydrogens is 424 g/mol. The van der Waals surface area contributed by atoms with Crippen LogP contribution < -0.4 is 5.32 Å². The number of hydrogen-bond donors (Lipinski definition) is 2. The summed E-state index contributed by atoms with van der Waals surface area (Å²) in [5, 5.41) is 23.0. The van der Waals surface area contributed by atoms with Crippen LogP contribution in [-0.2, 0) is 11.3 Å². The van der Waals surface area contributed by atoms with Crippen LogP contribution in [0.4, 0.5) is 14.6 Å². The van der Waals surface area contributed by atoms with Crippen molar-refractivity contribution < 1.29 is 13.9 Å². The molecule has 1 aromatic carbocycles. The van der Waals surface area contributed by atoms with Gasteiger partial charge < -0.3 is 10.4 Å². The van der Waals surface area contributed by atoms with Crippen LogP contribution in [0.1, 0.15) is 49.4 Å². The minimum Gasteiger partial charge on any atom is -0.387 e. The van der Waals surface area contributed by atoms with Crippen LogP contribution in [0.25, 0.3) is 11.0 Å².